The zero-order valence-corrected chi connectivity index (χ0v) is 9.24. The Morgan fingerprint density at radius 3 is 2.14 bits per heavy atom. The number of hydrogen-bond acceptors (Lipinski definition) is 1. The highest BCUT2D eigenvalue weighted by molar-refractivity contribution is 5.82. The van der Waals surface area contributed by atoms with Gasteiger partial charge in [-0.05, 0) is 19.4 Å². The Morgan fingerprint density at radius 2 is 1.71 bits per heavy atom. The molecule has 1 rings (SSSR count). The van der Waals surface area contributed by atoms with Crippen LogP contribution >= 0.6 is 0 Å². The molecular weight excluding hydrogens is 174 g/mol. The average Bonchev–Trinajstić information content (AvgIpc) is 2.16. The predicted molar refractivity (Wildman–Crippen MR) is 58.3 cm³/mol. The molecule has 1 aromatic carbocycles. The van der Waals surface area contributed by atoms with Crippen LogP contribution in [-0.2, 0) is 4.79 Å². The Bertz CT molecular complexity index is 314. The lowest BCUT2D eigenvalue weighted by atomic mass is 9.99. The maximum absolute atomic E-state index is 11.7. The van der Waals surface area contributed by atoms with Gasteiger partial charge in [-0.25, -0.2) is 0 Å². The molecular formula is C12H17NO. The van der Waals surface area contributed by atoms with Crippen molar-refractivity contribution in [3.8, 4) is 0 Å². The zero-order valence-electron chi connectivity index (χ0n) is 9.24. The van der Waals surface area contributed by atoms with Gasteiger partial charge in [-0.1, -0.05) is 29.8 Å². The molecule has 0 bridgehead atoms. The fraction of sp³-hybridized carbons (Fsp3) is 0.417. The van der Waals surface area contributed by atoms with Crippen LogP contribution in [0.1, 0.15) is 24.0 Å². The number of benzene rings is 1. The molecule has 0 aliphatic rings. The van der Waals surface area contributed by atoms with Crippen molar-refractivity contribution in [3.63, 3.8) is 0 Å². The maximum atomic E-state index is 11.7. The van der Waals surface area contributed by atoms with Crippen LogP contribution in [0.15, 0.2) is 24.3 Å². The number of nitrogens with zero attached hydrogens (tertiary/aromatic N) is 1. The van der Waals surface area contributed by atoms with E-state index in [2.05, 4.69) is 0 Å². The molecule has 2 nitrogen and oxygen atoms in total. The molecule has 1 unspecified atom stereocenters. The molecule has 0 fully saturated rings. The van der Waals surface area contributed by atoms with Gasteiger partial charge in [-0.2, -0.15) is 0 Å². The molecule has 0 saturated carbocycles. The summed E-state index contributed by atoms with van der Waals surface area (Å²) in [5, 5.41) is 0. The van der Waals surface area contributed by atoms with Crippen LogP contribution in [0.3, 0.4) is 0 Å². The number of rotatable bonds is 2. The minimum absolute atomic E-state index is 0.0504. The molecule has 76 valence electrons. The highest BCUT2D eigenvalue weighted by Gasteiger charge is 2.16. The van der Waals surface area contributed by atoms with Crippen molar-refractivity contribution in [2.45, 2.75) is 19.8 Å². The van der Waals surface area contributed by atoms with Gasteiger partial charge in [0.05, 0.1) is 5.92 Å². The molecule has 2 heteroatoms. The van der Waals surface area contributed by atoms with E-state index in [0.717, 1.165) is 5.56 Å². The third-order valence-electron chi connectivity index (χ3n) is 2.39. The van der Waals surface area contributed by atoms with Gasteiger partial charge in [0.25, 0.3) is 0 Å². The minimum Gasteiger partial charge on any atom is -0.348 e. The molecule has 0 saturated heterocycles. The van der Waals surface area contributed by atoms with Crippen LogP contribution in [-0.4, -0.2) is 24.9 Å². The molecule has 0 aliphatic carbocycles. The van der Waals surface area contributed by atoms with Gasteiger partial charge >= 0.3 is 0 Å². The Labute approximate surface area is 85.5 Å². The SMILES string of the molecule is Cc1ccc(C(C)C(=O)N(C)C)cc1. The van der Waals surface area contributed by atoms with E-state index in [1.54, 1.807) is 19.0 Å². The quantitative estimate of drug-likeness (QED) is 0.701. The second kappa shape index (κ2) is 4.27. The summed E-state index contributed by atoms with van der Waals surface area (Å²) >= 11 is 0. The molecule has 1 amide bonds. The Kier molecular flexibility index (Phi) is 3.28. The second-order valence-electron chi connectivity index (χ2n) is 3.87. The molecule has 1 atom stereocenters. The predicted octanol–water partition coefficient (Wildman–Crippen LogP) is 2.19. The second-order valence-corrected chi connectivity index (χ2v) is 3.87. The van der Waals surface area contributed by atoms with E-state index >= 15 is 0 Å². The summed E-state index contributed by atoms with van der Waals surface area (Å²) in [4.78, 5) is 13.3. The molecule has 0 N–H and O–H groups in total. The van der Waals surface area contributed by atoms with Gasteiger partial charge < -0.3 is 4.90 Å². The van der Waals surface area contributed by atoms with Crippen molar-refractivity contribution in [3.05, 3.63) is 35.4 Å². The van der Waals surface area contributed by atoms with E-state index in [1.165, 1.54) is 5.56 Å². The van der Waals surface area contributed by atoms with Crippen molar-refractivity contribution < 1.29 is 4.79 Å². The molecule has 0 heterocycles. The van der Waals surface area contributed by atoms with Crippen LogP contribution in [0, 0.1) is 6.92 Å². The fourth-order valence-electron chi connectivity index (χ4n) is 1.39. The van der Waals surface area contributed by atoms with Crippen LogP contribution in [0.4, 0.5) is 0 Å². The third kappa shape index (κ3) is 2.34. The number of carbonyl (C=O) groups is 1. The standard InChI is InChI=1S/C12H17NO/c1-9-5-7-11(8-6-9)10(2)12(14)13(3)4/h5-8,10H,1-4H3. The first-order valence-corrected chi connectivity index (χ1v) is 4.80. The lowest BCUT2D eigenvalue weighted by molar-refractivity contribution is -0.129. The highest BCUT2D eigenvalue weighted by Crippen LogP contribution is 2.17. The van der Waals surface area contributed by atoms with Gasteiger partial charge in [-0.3, -0.25) is 4.79 Å². The van der Waals surface area contributed by atoms with E-state index in [9.17, 15) is 4.79 Å². The maximum Gasteiger partial charge on any atom is 0.229 e. The van der Waals surface area contributed by atoms with Crippen molar-refractivity contribution >= 4 is 5.91 Å². The van der Waals surface area contributed by atoms with Crippen molar-refractivity contribution in [2.24, 2.45) is 0 Å². The van der Waals surface area contributed by atoms with E-state index in [0.29, 0.717) is 0 Å². The largest absolute Gasteiger partial charge is 0.348 e. The number of aryl methyl sites for hydroxylation is 1. The van der Waals surface area contributed by atoms with Crippen LogP contribution in [0.2, 0.25) is 0 Å². The monoisotopic (exact) mass is 191 g/mol. The van der Waals surface area contributed by atoms with Gasteiger partial charge in [0, 0.05) is 14.1 Å². The summed E-state index contributed by atoms with van der Waals surface area (Å²) in [5.74, 6) is 0.0967. The molecule has 0 aromatic heterocycles. The molecule has 14 heavy (non-hydrogen) atoms. The van der Waals surface area contributed by atoms with E-state index in [-0.39, 0.29) is 11.8 Å². The number of hydrogen-bond donors (Lipinski definition) is 0. The number of carbonyl (C=O) groups excluding carboxylic acids is 1. The Hall–Kier alpha value is -1.31. The first-order chi connectivity index (χ1) is 6.52. The first kappa shape index (κ1) is 10.8. The summed E-state index contributed by atoms with van der Waals surface area (Å²) in [6.07, 6.45) is 0. The third-order valence-corrected chi connectivity index (χ3v) is 2.39. The van der Waals surface area contributed by atoms with Gasteiger partial charge in [0.2, 0.25) is 5.91 Å². The normalized spacial score (nSPS) is 12.3. The van der Waals surface area contributed by atoms with E-state index in [1.807, 2.05) is 38.1 Å². The topological polar surface area (TPSA) is 20.3 Å². The summed E-state index contributed by atoms with van der Waals surface area (Å²) in [5.41, 5.74) is 2.30. The summed E-state index contributed by atoms with van der Waals surface area (Å²) in [7, 11) is 3.57. The van der Waals surface area contributed by atoms with E-state index in [4.69, 9.17) is 0 Å². The Balaban J connectivity index is 2.84. The molecule has 0 spiro atoms. The lowest BCUT2D eigenvalue weighted by Gasteiger charge is -2.17. The number of amides is 1. The molecule has 0 radical (unpaired) electrons. The van der Waals surface area contributed by atoms with Crippen molar-refractivity contribution in [1.29, 1.82) is 0 Å². The summed E-state index contributed by atoms with van der Waals surface area (Å²) in [6.45, 7) is 3.98. The lowest BCUT2D eigenvalue weighted by Crippen LogP contribution is -2.26. The zero-order chi connectivity index (χ0) is 10.7. The van der Waals surface area contributed by atoms with Gasteiger partial charge in [-0.15, -0.1) is 0 Å². The van der Waals surface area contributed by atoms with Crippen LogP contribution in [0.5, 0.6) is 0 Å². The molecule has 1 aromatic rings. The van der Waals surface area contributed by atoms with Gasteiger partial charge in [0.15, 0.2) is 0 Å². The minimum atomic E-state index is -0.0504. The van der Waals surface area contributed by atoms with Crippen LogP contribution < -0.4 is 0 Å². The molecule has 0 aliphatic heterocycles. The Morgan fingerprint density at radius 1 is 1.21 bits per heavy atom. The highest BCUT2D eigenvalue weighted by atomic mass is 16.2. The van der Waals surface area contributed by atoms with Crippen LogP contribution in [0.25, 0.3) is 0 Å². The smallest absolute Gasteiger partial charge is 0.229 e. The first-order valence-electron chi connectivity index (χ1n) is 4.80. The average molecular weight is 191 g/mol. The summed E-state index contributed by atoms with van der Waals surface area (Å²) < 4.78 is 0. The van der Waals surface area contributed by atoms with Crippen molar-refractivity contribution in [1.82, 2.24) is 4.90 Å². The number of likely N-dealkylation sites (N-methyl/N-ethyl adjacent to an activating group) is 1. The fourth-order valence-corrected chi connectivity index (χ4v) is 1.39. The van der Waals surface area contributed by atoms with Crippen molar-refractivity contribution in [2.75, 3.05) is 14.1 Å². The summed E-state index contributed by atoms with van der Waals surface area (Å²) in [6, 6.07) is 8.10. The van der Waals surface area contributed by atoms with Gasteiger partial charge in [0.1, 0.15) is 0 Å². The van der Waals surface area contributed by atoms with E-state index < -0.39 is 0 Å².